The molecule has 0 spiro atoms. The van der Waals surface area contributed by atoms with Crippen LogP contribution in [0.1, 0.15) is 6.92 Å². The molecule has 2 N–H and O–H groups in total. The van der Waals surface area contributed by atoms with Crippen molar-refractivity contribution in [3.05, 3.63) is 0 Å². The van der Waals surface area contributed by atoms with Gasteiger partial charge in [-0.15, -0.1) is 0 Å². The predicted molar refractivity (Wildman–Crippen MR) is 48.1 cm³/mol. The summed E-state index contributed by atoms with van der Waals surface area (Å²) in [6.45, 7) is 1.54. The Morgan fingerprint density at radius 2 is 2.21 bits per heavy atom. The van der Waals surface area contributed by atoms with E-state index in [1.165, 1.54) is 7.11 Å². The van der Waals surface area contributed by atoms with Gasteiger partial charge >= 0.3 is 5.97 Å². The van der Waals surface area contributed by atoms with Gasteiger partial charge in [0.05, 0.1) is 19.7 Å². The number of hydrogen-bond acceptors (Lipinski definition) is 5. The van der Waals surface area contributed by atoms with Crippen LogP contribution in [-0.2, 0) is 14.3 Å². The molecule has 1 atom stereocenters. The molecule has 0 rings (SSSR count). The summed E-state index contributed by atoms with van der Waals surface area (Å²) in [7, 11) is 1.27. The van der Waals surface area contributed by atoms with Crippen LogP contribution in [0.3, 0.4) is 0 Å². The van der Waals surface area contributed by atoms with Crippen molar-refractivity contribution in [1.29, 1.82) is 5.26 Å². The van der Waals surface area contributed by atoms with Crippen LogP contribution in [0.4, 0.5) is 0 Å². The first kappa shape index (κ1) is 12.4. The first-order valence-electron chi connectivity index (χ1n) is 4.06. The van der Waals surface area contributed by atoms with Crippen molar-refractivity contribution >= 4 is 11.9 Å². The SMILES string of the molecule is COC(=O)C(C)NCC(=O)NCC#N. The first-order valence-corrected chi connectivity index (χ1v) is 4.06. The molecule has 0 bridgehead atoms. The van der Waals surface area contributed by atoms with Crippen LogP contribution in [0.5, 0.6) is 0 Å². The summed E-state index contributed by atoms with van der Waals surface area (Å²) in [5, 5.41) is 13.1. The molecule has 0 aliphatic rings. The van der Waals surface area contributed by atoms with Gasteiger partial charge in [-0.05, 0) is 6.92 Å². The van der Waals surface area contributed by atoms with Crippen LogP contribution in [0.2, 0.25) is 0 Å². The number of carbonyl (C=O) groups is 2. The molecule has 0 aromatic carbocycles. The third-order valence-corrected chi connectivity index (χ3v) is 1.49. The average Bonchev–Trinajstić information content (AvgIpc) is 2.21. The van der Waals surface area contributed by atoms with Crippen LogP contribution in [-0.4, -0.2) is 38.1 Å². The molecule has 78 valence electrons. The van der Waals surface area contributed by atoms with Gasteiger partial charge in [0.25, 0.3) is 0 Å². The van der Waals surface area contributed by atoms with Crippen molar-refractivity contribution in [2.75, 3.05) is 20.2 Å². The molecule has 0 radical (unpaired) electrons. The van der Waals surface area contributed by atoms with Crippen molar-refractivity contribution in [1.82, 2.24) is 10.6 Å². The zero-order valence-corrected chi connectivity index (χ0v) is 8.16. The second-order valence-corrected chi connectivity index (χ2v) is 2.56. The van der Waals surface area contributed by atoms with Gasteiger partial charge in [-0.2, -0.15) is 5.26 Å². The molecule has 0 fully saturated rings. The van der Waals surface area contributed by atoms with Crippen LogP contribution in [0.15, 0.2) is 0 Å². The fraction of sp³-hybridized carbons (Fsp3) is 0.625. The molecule has 6 heteroatoms. The van der Waals surface area contributed by atoms with Gasteiger partial charge in [0, 0.05) is 0 Å². The van der Waals surface area contributed by atoms with Gasteiger partial charge in [-0.1, -0.05) is 0 Å². The number of carbonyl (C=O) groups excluding carboxylic acids is 2. The second kappa shape index (κ2) is 6.86. The molecule has 0 aromatic heterocycles. The van der Waals surface area contributed by atoms with Gasteiger partial charge in [0.1, 0.15) is 12.6 Å². The lowest BCUT2D eigenvalue weighted by Crippen LogP contribution is -2.42. The normalized spacial score (nSPS) is 11.2. The number of amides is 1. The Balaban J connectivity index is 3.67. The lowest BCUT2D eigenvalue weighted by atomic mass is 10.3. The summed E-state index contributed by atoms with van der Waals surface area (Å²) in [5.74, 6) is -0.764. The molecule has 14 heavy (non-hydrogen) atoms. The smallest absolute Gasteiger partial charge is 0.322 e. The van der Waals surface area contributed by atoms with Crippen molar-refractivity contribution in [2.45, 2.75) is 13.0 Å². The lowest BCUT2D eigenvalue weighted by Gasteiger charge is -2.10. The molecule has 0 heterocycles. The number of nitriles is 1. The Hall–Kier alpha value is -1.61. The maximum absolute atomic E-state index is 10.9. The van der Waals surface area contributed by atoms with E-state index >= 15 is 0 Å². The highest BCUT2D eigenvalue weighted by atomic mass is 16.5. The Kier molecular flexibility index (Phi) is 6.07. The molecule has 0 saturated carbocycles. The van der Waals surface area contributed by atoms with Crippen molar-refractivity contribution in [3.63, 3.8) is 0 Å². The summed E-state index contributed by atoms with van der Waals surface area (Å²) < 4.78 is 4.44. The lowest BCUT2D eigenvalue weighted by molar-refractivity contribution is -0.142. The van der Waals surface area contributed by atoms with Crippen molar-refractivity contribution in [2.24, 2.45) is 0 Å². The Morgan fingerprint density at radius 1 is 1.57 bits per heavy atom. The molecule has 0 aliphatic heterocycles. The molecule has 1 unspecified atom stereocenters. The van der Waals surface area contributed by atoms with Crippen LogP contribution in [0, 0.1) is 11.3 Å². The van der Waals surface area contributed by atoms with Crippen molar-refractivity contribution in [3.8, 4) is 6.07 Å². The highest BCUT2D eigenvalue weighted by molar-refractivity contribution is 5.80. The van der Waals surface area contributed by atoms with Gasteiger partial charge in [-0.25, -0.2) is 0 Å². The van der Waals surface area contributed by atoms with Crippen molar-refractivity contribution < 1.29 is 14.3 Å². The van der Waals surface area contributed by atoms with E-state index in [1.807, 2.05) is 0 Å². The predicted octanol–water partition coefficient (Wildman–Crippen LogP) is -1.22. The van der Waals surface area contributed by atoms with Crippen LogP contribution < -0.4 is 10.6 Å². The quantitative estimate of drug-likeness (QED) is 0.427. The van der Waals surface area contributed by atoms with E-state index < -0.39 is 12.0 Å². The maximum Gasteiger partial charge on any atom is 0.322 e. The molecular formula is C8H13N3O3. The molecule has 0 saturated heterocycles. The third kappa shape index (κ3) is 5.11. The van der Waals surface area contributed by atoms with E-state index in [0.29, 0.717) is 0 Å². The summed E-state index contributed by atoms with van der Waals surface area (Å²) in [5.41, 5.74) is 0. The number of esters is 1. The summed E-state index contributed by atoms with van der Waals surface area (Å²) in [6, 6.07) is 1.23. The van der Waals surface area contributed by atoms with Crippen LogP contribution >= 0.6 is 0 Å². The monoisotopic (exact) mass is 199 g/mol. The van der Waals surface area contributed by atoms with Gasteiger partial charge in [0.2, 0.25) is 5.91 Å². The second-order valence-electron chi connectivity index (χ2n) is 2.56. The average molecular weight is 199 g/mol. The highest BCUT2D eigenvalue weighted by Gasteiger charge is 2.12. The fourth-order valence-corrected chi connectivity index (χ4v) is 0.707. The fourth-order valence-electron chi connectivity index (χ4n) is 0.707. The summed E-state index contributed by atoms with van der Waals surface area (Å²) in [6.07, 6.45) is 0. The summed E-state index contributed by atoms with van der Waals surface area (Å²) in [4.78, 5) is 21.8. The minimum atomic E-state index is -0.534. The number of methoxy groups -OCH3 is 1. The highest BCUT2D eigenvalue weighted by Crippen LogP contribution is 1.84. The number of ether oxygens (including phenoxy) is 1. The van der Waals surface area contributed by atoms with E-state index in [2.05, 4.69) is 15.4 Å². The Bertz CT molecular complexity index is 247. The Morgan fingerprint density at radius 3 is 2.71 bits per heavy atom. The molecule has 1 amide bonds. The zero-order valence-electron chi connectivity index (χ0n) is 8.16. The molecule has 0 aromatic rings. The third-order valence-electron chi connectivity index (χ3n) is 1.49. The molecule has 0 aliphatic carbocycles. The number of nitrogens with one attached hydrogen (secondary N) is 2. The minimum absolute atomic E-state index is 0.0159. The zero-order chi connectivity index (χ0) is 11.0. The number of hydrogen-bond donors (Lipinski definition) is 2. The van der Waals surface area contributed by atoms with E-state index in [-0.39, 0.29) is 19.0 Å². The topological polar surface area (TPSA) is 91.2 Å². The summed E-state index contributed by atoms with van der Waals surface area (Å²) >= 11 is 0. The number of rotatable bonds is 5. The van der Waals surface area contributed by atoms with Gasteiger partial charge < -0.3 is 10.1 Å². The molecule has 6 nitrogen and oxygen atoms in total. The minimum Gasteiger partial charge on any atom is -0.468 e. The maximum atomic E-state index is 10.9. The van der Waals surface area contributed by atoms with Gasteiger partial charge in [0.15, 0.2) is 0 Å². The largest absolute Gasteiger partial charge is 0.468 e. The Labute approximate surface area is 82.2 Å². The standard InChI is InChI=1S/C8H13N3O3/c1-6(8(13)14-2)11-5-7(12)10-4-3-9/h6,11H,4-5H2,1-2H3,(H,10,12). The number of nitrogens with zero attached hydrogens (tertiary/aromatic N) is 1. The first-order chi connectivity index (χ1) is 6.61. The van der Waals surface area contributed by atoms with Gasteiger partial charge in [-0.3, -0.25) is 14.9 Å². The molecular weight excluding hydrogens is 186 g/mol. The van der Waals surface area contributed by atoms with E-state index in [9.17, 15) is 9.59 Å². The van der Waals surface area contributed by atoms with E-state index in [4.69, 9.17) is 5.26 Å². The van der Waals surface area contributed by atoms with E-state index in [1.54, 1.807) is 13.0 Å². The van der Waals surface area contributed by atoms with E-state index in [0.717, 1.165) is 0 Å². The van der Waals surface area contributed by atoms with Crippen LogP contribution in [0.25, 0.3) is 0 Å².